The molecule has 0 bridgehead atoms. The summed E-state index contributed by atoms with van der Waals surface area (Å²) in [5.41, 5.74) is 16.6. The van der Waals surface area contributed by atoms with Crippen LogP contribution in [0, 0.1) is 13.8 Å². The van der Waals surface area contributed by atoms with E-state index in [1.807, 2.05) is 0 Å². The van der Waals surface area contributed by atoms with Gasteiger partial charge in [-0.15, -0.1) is 0 Å². The molecule has 5 heteroatoms. The molecule has 13 rings (SSSR count). The maximum absolute atomic E-state index is 6.81. The van der Waals surface area contributed by atoms with E-state index in [0.717, 1.165) is 66.6 Å². The second-order valence-electron chi connectivity index (χ2n) is 15.8. The molecule has 2 aliphatic rings. The third kappa shape index (κ3) is 4.23. The molecule has 266 valence electrons. The van der Waals surface area contributed by atoms with Gasteiger partial charge in [0.1, 0.15) is 22.3 Å². The van der Waals surface area contributed by atoms with Crippen molar-refractivity contribution in [3.63, 3.8) is 0 Å². The maximum atomic E-state index is 6.81. The molecule has 57 heavy (non-hydrogen) atoms. The van der Waals surface area contributed by atoms with E-state index in [4.69, 9.17) is 8.83 Å². The van der Waals surface area contributed by atoms with Crippen LogP contribution in [0.5, 0.6) is 0 Å². The molecule has 11 aromatic rings. The minimum absolute atomic E-state index is 0.0895. The van der Waals surface area contributed by atoms with Crippen LogP contribution in [0.1, 0.15) is 11.1 Å². The van der Waals surface area contributed by atoms with Gasteiger partial charge in [-0.3, -0.25) is 0 Å². The van der Waals surface area contributed by atoms with Crippen molar-refractivity contribution in [3.8, 4) is 0 Å². The van der Waals surface area contributed by atoms with Gasteiger partial charge < -0.3 is 18.6 Å². The third-order valence-corrected chi connectivity index (χ3v) is 12.5. The highest BCUT2D eigenvalue weighted by atomic mass is 16.3. The number of hydrogen-bond acceptors (Lipinski definition) is 4. The fourth-order valence-electron chi connectivity index (χ4n) is 9.95. The van der Waals surface area contributed by atoms with Gasteiger partial charge in [0.25, 0.3) is 6.71 Å². The molecule has 0 atom stereocenters. The van der Waals surface area contributed by atoms with Gasteiger partial charge in [-0.2, -0.15) is 0 Å². The quantitative estimate of drug-likeness (QED) is 0.166. The van der Waals surface area contributed by atoms with Crippen LogP contribution in [0.15, 0.2) is 173 Å². The topological polar surface area (TPSA) is 32.8 Å². The standard InChI is InChI=1S/C52H33BN2O2/c1-30-14-20-34(21-15-30)54-42-12-7-13-43-52(42)53(40-28-48-38(26-44(40)54)50-36-10-5-3-8-32(36)18-24-46(50)56-48)41-29-49-39(27-45(41)55(43)35-22-16-31(2)17-23-35)51-37-11-6-4-9-33(37)19-25-47(51)57-49/h3-29H,1-2H3. The van der Waals surface area contributed by atoms with Gasteiger partial charge in [-0.25, -0.2) is 0 Å². The highest BCUT2D eigenvalue weighted by Crippen LogP contribution is 2.47. The summed E-state index contributed by atoms with van der Waals surface area (Å²) in [5.74, 6) is 0. The van der Waals surface area contributed by atoms with Crippen LogP contribution < -0.4 is 26.2 Å². The Morgan fingerprint density at radius 1 is 0.386 bits per heavy atom. The maximum Gasteiger partial charge on any atom is 0.252 e. The Hall–Kier alpha value is -7.24. The average Bonchev–Trinajstić information content (AvgIpc) is 3.81. The zero-order chi connectivity index (χ0) is 37.5. The highest BCUT2D eigenvalue weighted by molar-refractivity contribution is 7.00. The fourth-order valence-corrected chi connectivity index (χ4v) is 9.95. The molecule has 0 amide bonds. The van der Waals surface area contributed by atoms with Crippen molar-refractivity contribution in [2.24, 2.45) is 0 Å². The molecule has 4 nitrogen and oxygen atoms in total. The lowest BCUT2D eigenvalue weighted by Crippen LogP contribution is -2.61. The Balaban J connectivity index is 1.17. The Kier molecular flexibility index (Phi) is 6.08. The summed E-state index contributed by atoms with van der Waals surface area (Å²) in [5, 5.41) is 9.35. The molecule has 0 unspecified atom stereocenters. The van der Waals surface area contributed by atoms with Crippen LogP contribution >= 0.6 is 0 Å². The molecule has 0 N–H and O–H groups in total. The minimum atomic E-state index is -0.0895. The van der Waals surface area contributed by atoms with Gasteiger partial charge in [0.15, 0.2) is 0 Å². The SMILES string of the molecule is Cc1ccc(N2c3cc4c(cc3B3c5cc6oc7ccc8ccccc8c7c6cc5N(c5ccc(C)cc5)c5cccc2c53)oc2ccc3ccccc3c24)cc1. The number of fused-ring (bicyclic) bond motifs is 14. The first-order valence-electron chi connectivity index (χ1n) is 19.7. The molecule has 0 fully saturated rings. The first-order valence-corrected chi connectivity index (χ1v) is 19.7. The lowest BCUT2D eigenvalue weighted by atomic mass is 9.33. The van der Waals surface area contributed by atoms with Gasteiger partial charge in [0.2, 0.25) is 0 Å². The van der Waals surface area contributed by atoms with E-state index in [2.05, 4.69) is 187 Å². The van der Waals surface area contributed by atoms with Crippen LogP contribution in [0.3, 0.4) is 0 Å². The van der Waals surface area contributed by atoms with Gasteiger partial charge >= 0.3 is 0 Å². The molecule has 0 saturated carbocycles. The fraction of sp³-hybridized carbons (Fsp3) is 0.0385. The summed E-state index contributed by atoms with van der Waals surface area (Å²) in [7, 11) is 0. The van der Waals surface area contributed by atoms with Crippen molar-refractivity contribution in [1.29, 1.82) is 0 Å². The van der Waals surface area contributed by atoms with E-state index < -0.39 is 0 Å². The van der Waals surface area contributed by atoms with Crippen LogP contribution in [0.4, 0.5) is 34.1 Å². The Morgan fingerprint density at radius 2 is 0.842 bits per heavy atom. The van der Waals surface area contributed by atoms with Crippen LogP contribution in [-0.2, 0) is 0 Å². The largest absolute Gasteiger partial charge is 0.456 e. The van der Waals surface area contributed by atoms with Crippen LogP contribution in [0.2, 0.25) is 0 Å². The molecule has 0 radical (unpaired) electrons. The summed E-state index contributed by atoms with van der Waals surface area (Å²) in [6, 6.07) is 59.9. The molecule has 0 spiro atoms. The second-order valence-corrected chi connectivity index (χ2v) is 15.8. The normalized spacial score (nSPS) is 13.3. The Labute approximate surface area is 328 Å². The van der Waals surface area contributed by atoms with Crippen molar-refractivity contribution in [1.82, 2.24) is 0 Å². The molecule has 9 aromatic carbocycles. The number of nitrogens with zero attached hydrogens (tertiary/aromatic N) is 2. The number of hydrogen-bond donors (Lipinski definition) is 0. The molecule has 2 aromatic heterocycles. The lowest BCUT2D eigenvalue weighted by molar-refractivity contribution is 0.669. The Morgan fingerprint density at radius 3 is 1.32 bits per heavy atom. The van der Waals surface area contributed by atoms with Crippen molar-refractivity contribution in [2.75, 3.05) is 9.80 Å². The van der Waals surface area contributed by atoms with Crippen LogP contribution in [-0.4, -0.2) is 6.71 Å². The van der Waals surface area contributed by atoms with E-state index >= 15 is 0 Å². The van der Waals surface area contributed by atoms with Gasteiger partial charge in [-0.05, 0) is 125 Å². The van der Waals surface area contributed by atoms with Crippen molar-refractivity contribution in [3.05, 3.63) is 175 Å². The molecule has 4 heterocycles. The van der Waals surface area contributed by atoms with Crippen molar-refractivity contribution < 1.29 is 8.83 Å². The first-order chi connectivity index (χ1) is 28.1. The number of rotatable bonds is 2. The number of aryl methyl sites for hydroxylation is 2. The zero-order valence-corrected chi connectivity index (χ0v) is 31.4. The van der Waals surface area contributed by atoms with Crippen molar-refractivity contribution in [2.45, 2.75) is 13.8 Å². The van der Waals surface area contributed by atoms with Gasteiger partial charge in [0, 0.05) is 55.7 Å². The number of benzene rings is 9. The average molecular weight is 729 g/mol. The van der Waals surface area contributed by atoms with E-state index in [0.29, 0.717) is 0 Å². The van der Waals surface area contributed by atoms with E-state index in [9.17, 15) is 0 Å². The zero-order valence-electron chi connectivity index (χ0n) is 31.4. The van der Waals surface area contributed by atoms with E-state index in [1.54, 1.807) is 0 Å². The van der Waals surface area contributed by atoms with Gasteiger partial charge in [-0.1, -0.05) is 102 Å². The van der Waals surface area contributed by atoms with E-state index in [-0.39, 0.29) is 6.71 Å². The monoisotopic (exact) mass is 728 g/mol. The van der Waals surface area contributed by atoms with Crippen molar-refractivity contribution >= 4 is 123 Å². The number of anilines is 6. The van der Waals surface area contributed by atoms with Gasteiger partial charge in [0.05, 0.1) is 0 Å². The van der Waals surface area contributed by atoms with Crippen LogP contribution in [0.25, 0.3) is 65.4 Å². The predicted octanol–water partition coefficient (Wildman–Crippen LogP) is 12.5. The summed E-state index contributed by atoms with van der Waals surface area (Å²) >= 11 is 0. The summed E-state index contributed by atoms with van der Waals surface area (Å²) in [6.07, 6.45) is 0. The predicted molar refractivity (Wildman–Crippen MR) is 240 cm³/mol. The highest BCUT2D eigenvalue weighted by Gasteiger charge is 2.44. The molecule has 2 aliphatic heterocycles. The number of furan rings is 2. The smallest absolute Gasteiger partial charge is 0.252 e. The second kappa shape index (κ2) is 11.2. The van der Waals surface area contributed by atoms with E-state index in [1.165, 1.54) is 60.4 Å². The summed E-state index contributed by atoms with van der Waals surface area (Å²) in [6.45, 7) is 4.21. The minimum Gasteiger partial charge on any atom is -0.456 e. The molecular formula is C52H33BN2O2. The third-order valence-electron chi connectivity index (χ3n) is 12.5. The summed E-state index contributed by atoms with van der Waals surface area (Å²) < 4.78 is 13.6. The molecular weight excluding hydrogens is 695 g/mol. The molecule has 0 aliphatic carbocycles. The first kappa shape index (κ1) is 31.0. The Bertz CT molecular complexity index is 3280. The summed E-state index contributed by atoms with van der Waals surface area (Å²) in [4.78, 5) is 4.94. The lowest BCUT2D eigenvalue weighted by Gasteiger charge is -2.44. The molecule has 0 saturated heterocycles.